The molecule has 3 aromatic rings. The number of hydrogen-bond donors (Lipinski definition) is 1. The minimum absolute atomic E-state index is 0.159. The fourth-order valence-corrected chi connectivity index (χ4v) is 4.15. The van der Waals surface area contributed by atoms with Crippen LogP contribution in [0.1, 0.15) is 29.7 Å². The summed E-state index contributed by atoms with van der Waals surface area (Å²) in [5, 5.41) is 1.88. The molecule has 0 atom stereocenters. The number of aryl methyl sites for hydroxylation is 2. The molecule has 0 fully saturated rings. The molecule has 0 radical (unpaired) electrons. The molecular formula is C18H16ClN3O. The Kier molecular flexibility index (Phi) is 2.74. The normalized spacial score (nSPS) is 16.0. The van der Waals surface area contributed by atoms with Crippen LogP contribution >= 0.6 is 11.6 Å². The van der Waals surface area contributed by atoms with E-state index in [0.29, 0.717) is 6.54 Å². The Morgan fingerprint density at radius 2 is 2.00 bits per heavy atom. The van der Waals surface area contributed by atoms with Crippen LogP contribution in [-0.2, 0) is 25.8 Å². The van der Waals surface area contributed by atoms with E-state index < -0.39 is 0 Å². The van der Waals surface area contributed by atoms with E-state index in [1.165, 1.54) is 5.56 Å². The third-order valence-corrected chi connectivity index (χ3v) is 5.35. The van der Waals surface area contributed by atoms with Crippen LogP contribution in [0.4, 0.5) is 0 Å². The number of H-pyrrole nitrogens is 1. The lowest BCUT2D eigenvalue weighted by atomic mass is 9.96. The highest BCUT2D eigenvalue weighted by Gasteiger charge is 2.26. The predicted octanol–water partition coefficient (Wildman–Crippen LogP) is 3.48. The van der Waals surface area contributed by atoms with Crippen LogP contribution in [0.3, 0.4) is 0 Å². The predicted molar refractivity (Wildman–Crippen MR) is 91.1 cm³/mol. The van der Waals surface area contributed by atoms with E-state index in [1.54, 1.807) is 0 Å². The molecule has 3 heterocycles. The van der Waals surface area contributed by atoms with Gasteiger partial charge in [-0.3, -0.25) is 9.36 Å². The second kappa shape index (κ2) is 4.71. The molecule has 1 aliphatic heterocycles. The number of rotatable bonds is 0. The zero-order valence-electron chi connectivity index (χ0n) is 12.7. The van der Waals surface area contributed by atoms with Crippen molar-refractivity contribution in [3.8, 4) is 11.5 Å². The number of aromatic nitrogens is 3. The van der Waals surface area contributed by atoms with E-state index in [4.69, 9.17) is 16.6 Å². The largest absolute Gasteiger partial charge is 0.352 e. The van der Waals surface area contributed by atoms with Crippen molar-refractivity contribution in [2.45, 2.75) is 38.6 Å². The molecule has 0 unspecified atom stereocenters. The molecule has 0 saturated heterocycles. The summed E-state index contributed by atoms with van der Waals surface area (Å²) < 4.78 is 1.85. The first-order valence-electron chi connectivity index (χ1n) is 8.15. The van der Waals surface area contributed by atoms with E-state index in [1.807, 2.05) is 22.8 Å². The summed E-state index contributed by atoms with van der Waals surface area (Å²) in [4.78, 5) is 21.2. The summed E-state index contributed by atoms with van der Waals surface area (Å²) in [6, 6.07) is 5.88. The first-order chi connectivity index (χ1) is 11.2. The molecule has 1 aromatic carbocycles. The quantitative estimate of drug-likeness (QED) is 0.688. The van der Waals surface area contributed by atoms with Gasteiger partial charge in [-0.2, -0.15) is 0 Å². The maximum atomic E-state index is 12.8. The van der Waals surface area contributed by atoms with E-state index >= 15 is 0 Å². The highest BCUT2D eigenvalue weighted by molar-refractivity contribution is 6.31. The lowest BCUT2D eigenvalue weighted by Crippen LogP contribution is -2.32. The molecular weight excluding hydrogens is 310 g/mol. The summed E-state index contributed by atoms with van der Waals surface area (Å²) in [5.41, 5.74) is 5.36. The topological polar surface area (TPSA) is 50.7 Å². The second-order valence-corrected chi connectivity index (χ2v) is 6.88. The third kappa shape index (κ3) is 1.84. The molecule has 2 aliphatic rings. The van der Waals surface area contributed by atoms with E-state index in [9.17, 15) is 4.79 Å². The minimum atomic E-state index is 0.159. The van der Waals surface area contributed by atoms with Gasteiger partial charge in [-0.1, -0.05) is 11.6 Å². The molecule has 2 aromatic heterocycles. The van der Waals surface area contributed by atoms with Gasteiger partial charge in [0.2, 0.25) is 0 Å². The first kappa shape index (κ1) is 13.4. The standard InChI is InChI=1S/C18H16ClN3O/c19-10-5-6-15-13(9-10)11-7-8-22-17(16(11)20-15)21-14-4-2-1-3-12(14)18(22)23/h5-6,9,20H,1-4,7-8H2. The Bertz CT molecular complexity index is 1020. The molecule has 5 heteroatoms. The summed E-state index contributed by atoms with van der Waals surface area (Å²) in [7, 11) is 0. The van der Waals surface area contributed by atoms with Crippen LogP contribution < -0.4 is 5.56 Å². The third-order valence-electron chi connectivity index (χ3n) is 5.12. The van der Waals surface area contributed by atoms with E-state index in [2.05, 4.69) is 4.98 Å². The lowest BCUT2D eigenvalue weighted by Gasteiger charge is -2.22. The van der Waals surface area contributed by atoms with Crippen molar-refractivity contribution in [1.82, 2.24) is 14.5 Å². The van der Waals surface area contributed by atoms with Crippen LogP contribution in [0.25, 0.3) is 22.4 Å². The number of hydrogen-bond acceptors (Lipinski definition) is 2. The minimum Gasteiger partial charge on any atom is -0.352 e. The summed E-state index contributed by atoms with van der Waals surface area (Å²) >= 11 is 6.15. The maximum absolute atomic E-state index is 12.8. The Morgan fingerprint density at radius 1 is 1.13 bits per heavy atom. The molecule has 0 saturated carbocycles. The number of nitrogens with one attached hydrogen (secondary N) is 1. The number of benzene rings is 1. The SMILES string of the molecule is O=c1c2c(nc3n1CCc1c-3[nH]c3ccc(Cl)cc13)CCCC2. The lowest BCUT2D eigenvalue weighted by molar-refractivity contribution is 0.594. The molecule has 1 aliphatic carbocycles. The van der Waals surface area contributed by atoms with Gasteiger partial charge in [-0.15, -0.1) is 0 Å². The van der Waals surface area contributed by atoms with Gasteiger partial charge in [0.05, 0.1) is 11.4 Å². The summed E-state index contributed by atoms with van der Waals surface area (Å²) in [5.74, 6) is 0.796. The molecule has 23 heavy (non-hydrogen) atoms. The van der Waals surface area contributed by atoms with E-state index in [-0.39, 0.29) is 5.56 Å². The van der Waals surface area contributed by atoms with E-state index in [0.717, 1.165) is 70.8 Å². The Hall–Kier alpha value is -2.07. The average molecular weight is 326 g/mol. The van der Waals surface area contributed by atoms with Gasteiger partial charge in [0.25, 0.3) is 5.56 Å². The Labute approximate surface area is 138 Å². The van der Waals surface area contributed by atoms with Gasteiger partial charge >= 0.3 is 0 Å². The number of fused-ring (bicyclic) bond motifs is 6. The van der Waals surface area contributed by atoms with Gasteiger partial charge < -0.3 is 4.98 Å². The van der Waals surface area contributed by atoms with Gasteiger partial charge in [-0.25, -0.2) is 4.98 Å². The van der Waals surface area contributed by atoms with Crippen LogP contribution in [0, 0.1) is 0 Å². The molecule has 0 amide bonds. The monoisotopic (exact) mass is 325 g/mol. The van der Waals surface area contributed by atoms with Crippen molar-refractivity contribution < 1.29 is 0 Å². The van der Waals surface area contributed by atoms with Crippen molar-refractivity contribution >= 4 is 22.5 Å². The van der Waals surface area contributed by atoms with Crippen LogP contribution in [-0.4, -0.2) is 14.5 Å². The number of halogens is 1. The van der Waals surface area contributed by atoms with Crippen molar-refractivity contribution in [3.63, 3.8) is 0 Å². The maximum Gasteiger partial charge on any atom is 0.257 e. The van der Waals surface area contributed by atoms with Crippen LogP contribution in [0.5, 0.6) is 0 Å². The van der Waals surface area contributed by atoms with Crippen LogP contribution in [0.15, 0.2) is 23.0 Å². The fourth-order valence-electron chi connectivity index (χ4n) is 3.98. The average Bonchev–Trinajstić information content (AvgIpc) is 2.93. The summed E-state index contributed by atoms with van der Waals surface area (Å²) in [6.07, 6.45) is 4.84. The molecule has 4 nitrogen and oxygen atoms in total. The molecule has 116 valence electrons. The van der Waals surface area contributed by atoms with Gasteiger partial charge in [0.1, 0.15) is 0 Å². The van der Waals surface area contributed by atoms with Gasteiger partial charge in [-0.05, 0) is 55.9 Å². The zero-order valence-corrected chi connectivity index (χ0v) is 13.4. The van der Waals surface area contributed by atoms with Gasteiger partial charge in [0.15, 0.2) is 5.82 Å². The number of aromatic amines is 1. The van der Waals surface area contributed by atoms with Crippen molar-refractivity contribution in [3.05, 3.63) is 50.4 Å². The highest BCUT2D eigenvalue weighted by atomic mass is 35.5. The first-order valence-corrected chi connectivity index (χ1v) is 8.53. The van der Waals surface area contributed by atoms with Crippen molar-refractivity contribution in [1.29, 1.82) is 0 Å². The highest BCUT2D eigenvalue weighted by Crippen LogP contribution is 2.34. The second-order valence-electron chi connectivity index (χ2n) is 6.44. The van der Waals surface area contributed by atoms with Crippen LogP contribution in [0.2, 0.25) is 5.02 Å². The Morgan fingerprint density at radius 3 is 2.91 bits per heavy atom. The van der Waals surface area contributed by atoms with Gasteiger partial charge in [0, 0.05) is 28.0 Å². The molecule has 0 spiro atoms. The molecule has 5 rings (SSSR count). The Balaban J connectivity index is 1.82. The number of nitrogens with zero attached hydrogens (tertiary/aromatic N) is 2. The zero-order chi connectivity index (χ0) is 15.6. The molecule has 1 N–H and O–H groups in total. The summed E-state index contributed by atoms with van der Waals surface area (Å²) in [6.45, 7) is 0.695. The van der Waals surface area contributed by atoms with Crippen molar-refractivity contribution in [2.24, 2.45) is 0 Å². The fraction of sp³-hybridized carbons (Fsp3) is 0.333. The van der Waals surface area contributed by atoms with Crippen molar-refractivity contribution in [2.75, 3.05) is 0 Å². The molecule has 0 bridgehead atoms. The smallest absolute Gasteiger partial charge is 0.257 e.